The van der Waals surface area contributed by atoms with E-state index in [0.717, 1.165) is 11.0 Å². The van der Waals surface area contributed by atoms with Crippen LogP contribution < -0.4 is 9.62 Å². The number of nitrogens with one attached hydrogen (secondary N) is 1. The summed E-state index contributed by atoms with van der Waals surface area (Å²) in [6.45, 7) is 2.63. The molecule has 4 aromatic rings. The summed E-state index contributed by atoms with van der Waals surface area (Å²) in [6.07, 6.45) is 4.74. The van der Waals surface area contributed by atoms with Crippen molar-refractivity contribution in [3.05, 3.63) is 125 Å². The van der Waals surface area contributed by atoms with Gasteiger partial charge in [0.25, 0.3) is 10.0 Å². The number of aromatic nitrogens is 2. The van der Waals surface area contributed by atoms with Crippen LogP contribution in [0.2, 0.25) is 0 Å². The minimum absolute atomic E-state index is 0.0132. The molecule has 0 aliphatic carbocycles. The molecule has 0 fully saturated rings. The molecule has 2 amide bonds. The monoisotopic (exact) mass is 542 g/mol. The molecule has 8 nitrogen and oxygen atoms in total. The molecule has 200 valence electrons. The summed E-state index contributed by atoms with van der Waals surface area (Å²) in [5.74, 6) is -2.69. The predicted octanol–water partition coefficient (Wildman–Crippen LogP) is 4.26. The Kier molecular flexibility index (Phi) is 9.06. The molecule has 1 aromatic heterocycles. The lowest BCUT2D eigenvalue weighted by molar-refractivity contribution is -0.132. The highest BCUT2D eigenvalue weighted by atomic mass is 32.2. The van der Waals surface area contributed by atoms with Crippen LogP contribution in [0.3, 0.4) is 0 Å². The van der Waals surface area contributed by atoms with Gasteiger partial charge >= 0.3 is 0 Å². The molecule has 0 saturated carbocycles. The Morgan fingerprint density at radius 2 is 1.54 bits per heavy atom. The van der Waals surface area contributed by atoms with Crippen molar-refractivity contribution >= 4 is 33.6 Å². The van der Waals surface area contributed by atoms with Gasteiger partial charge < -0.3 is 4.90 Å². The molecule has 1 atom stereocenters. The summed E-state index contributed by atoms with van der Waals surface area (Å²) >= 11 is 0. The van der Waals surface area contributed by atoms with Crippen molar-refractivity contribution in [3.8, 4) is 0 Å². The van der Waals surface area contributed by atoms with Crippen LogP contribution in [-0.4, -0.2) is 36.6 Å². The van der Waals surface area contributed by atoms with E-state index in [2.05, 4.69) is 9.82 Å². The summed E-state index contributed by atoms with van der Waals surface area (Å²) in [7, 11) is -4.15. The van der Waals surface area contributed by atoms with Crippen LogP contribution in [0, 0.1) is 5.92 Å². The zero-order valence-electron chi connectivity index (χ0n) is 21.6. The van der Waals surface area contributed by atoms with Crippen molar-refractivity contribution in [1.82, 2.24) is 14.5 Å². The van der Waals surface area contributed by atoms with E-state index in [1.165, 1.54) is 11.0 Å². The van der Waals surface area contributed by atoms with E-state index in [-0.39, 0.29) is 6.42 Å². The molecule has 1 unspecified atom stereocenters. The number of benzene rings is 3. The number of sulfonamides is 1. The Balaban J connectivity index is 1.57. The average molecular weight is 543 g/mol. The fraction of sp³-hybridized carbons (Fsp3) is 0.167. The normalized spacial score (nSPS) is 12.2. The second-order valence-electron chi connectivity index (χ2n) is 8.93. The molecule has 0 aliphatic rings. The molecule has 4 rings (SSSR count). The molecule has 0 bridgehead atoms. The second kappa shape index (κ2) is 12.8. The topological polar surface area (TPSA) is 101 Å². The van der Waals surface area contributed by atoms with E-state index in [1.54, 1.807) is 72.5 Å². The fourth-order valence-corrected chi connectivity index (χ4v) is 4.96. The summed E-state index contributed by atoms with van der Waals surface area (Å²) in [5, 5.41) is 5.30. The van der Waals surface area contributed by atoms with Crippen molar-refractivity contribution in [2.75, 3.05) is 11.4 Å². The third-order valence-electron chi connectivity index (χ3n) is 6.06. The van der Waals surface area contributed by atoms with Crippen LogP contribution in [0.5, 0.6) is 0 Å². The summed E-state index contributed by atoms with van der Waals surface area (Å²) in [6, 6.07) is 27.6. The van der Waals surface area contributed by atoms with Gasteiger partial charge in [0.05, 0.1) is 18.1 Å². The lowest BCUT2D eigenvalue weighted by Crippen LogP contribution is -2.46. The predicted molar refractivity (Wildman–Crippen MR) is 152 cm³/mol. The zero-order valence-corrected chi connectivity index (χ0v) is 22.4. The molecular formula is C30H30N4O4S. The van der Waals surface area contributed by atoms with Crippen LogP contribution in [-0.2, 0) is 32.6 Å². The number of anilines is 1. The first-order valence-electron chi connectivity index (χ1n) is 12.6. The van der Waals surface area contributed by atoms with Crippen LogP contribution in [0.15, 0.2) is 109 Å². The van der Waals surface area contributed by atoms with Gasteiger partial charge in [-0.2, -0.15) is 5.10 Å². The van der Waals surface area contributed by atoms with E-state index in [1.807, 2.05) is 42.5 Å². The lowest BCUT2D eigenvalue weighted by atomic mass is 9.99. The van der Waals surface area contributed by atoms with Crippen molar-refractivity contribution in [1.29, 1.82) is 0 Å². The van der Waals surface area contributed by atoms with Gasteiger partial charge in [-0.1, -0.05) is 78.9 Å². The van der Waals surface area contributed by atoms with Crippen molar-refractivity contribution in [3.63, 3.8) is 0 Å². The number of hydrogen-bond acceptors (Lipinski definition) is 5. The van der Waals surface area contributed by atoms with Crippen molar-refractivity contribution in [2.45, 2.75) is 19.9 Å². The van der Waals surface area contributed by atoms with Crippen molar-refractivity contribution in [2.24, 2.45) is 5.92 Å². The lowest BCUT2D eigenvalue weighted by Gasteiger charge is -2.25. The molecule has 0 saturated heterocycles. The third kappa shape index (κ3) is 7.75. The van der Waals surface area contributed by atoms with Gasteiger partial charge in [0, 0.05) is 18.4 Å². The van der Waals surface area contributed by atoms with Gasteiger partial charge in [0.1, 0.15) is 5.92 Å². The number of carbonyl (C=O) groups is 2. The highest BCUT2D eigenvalue weighted by molar-refractivity contribution is 7.93. The maximum Gasteiger partial charge on any atom is 0.257 e. The first-order chi connectivity index (χ1) is 18.8. The van der Waals surface area contributed by atoms with Gasteiger partial charge in [-0.25, -0.2) is 13.1 Å². The number of amides is 2. The summed E-state index contributed by atoms with van der Waals surface area (Å²) in [5.41, 5.74) is 2.97. The van der Waals surface area contributed by atoms with Crippen LogP contribution in [0.25, 0.3) is 6.08 Å². The number of hydrogen-bond donors (Lipinski definition) is 1. The Bertz CT molecular complexity index is 1520. The van der Waals surface area contributed by atoms with E-state index in [0.29, 0.717) is 29.9 Å². The Morgan fingerprint density at radius 1 is 0.923 bits per heavy atom. The summed E-state index contributed by atoms with van der Waals surface area (Å²) < 4.78 is 29.3. The number of rotatable bonds is 11. The van der Waals surface area contributed by atoms with Gasteiger partial charge in [-0.15, -0.1) is 0 Å². The Labute approximate surface area is 228 Å². The molecular weight excluding hydrogens is 512 g/mol. The molecule has 39 heavy (non-hydrogen) atoms. The maximum absolute atomic E-state index is 13.7. The fourth-order valence-electron chi connectivity index (χ4n) is 4.14. The number of carbonyl (C=O) groups excluding carboxylic acids is 2. The van der Waals surface area contributed by atoms with Gasteiger partial charge in [0.15, 0.2) is 0 Å². The molecule has 1 heterocycles. The third-order valence-corrected chi connectivity index (χ3v) is 7.04. The maximum atomic E-state index is 13.7. The highest BCUT2D eigenvalue weighted by Crippen LogP contribution is 2.20. The van der Waals surface area contributed by atoms with Crippen LogP contribution in [0.4, 0.5) is 5.69 Å². The standard InChI is InChI=1S/C30H30N4O4S/c1-2-34(27-16-10-5-11-17-27)30(36)28(20-26-21-31-33(23-26)22-25-14-8-4-9-15-25)29(35)32-39(37,38)19-18-24-12-6-3-7-13-24/h3-19,21,23,28H,2,20,22H2,1H3,(H,32,35)/b19-18+. The quantitative estimate of drug-likeness (QED) is 0.286. The van der Waals surface area contributed by atoms with E-state index < -0.39 is 27.8 Å². The molecule has 0 spiro atoms. The SMILES string of the molecule is CCN(C(=O)C(Cc1cnn(Cc2ccccc2)c1)C(=O)NS(=O)(=O)/C=C/c1ccccc1)c1ccccc1. The van der Waals surface area contributed by atoms with E-state index >= 15 is 0 Å². The smallest absolute Gasteiger partial charge is 0.257 e. The zero-order chi connectivity index (χ0) is 27.7. The van der Waals surface area contributed by atoms with Crippen LogP contribution >= 0.6 is 0 Å². The molecule has 0 aliphatic heterocycles. The minimum atomic E-state index is -4.15. The van der Waals surface area contributed by atoms with Crippen molar-refractivity contribution < 1.29 is 18.0 Å². The Morgan fingerprint density at radius 3 is 2.18 bits per heavy atom. The molecule has 3 aromatic carbocycles. The molecule has 1 N–H and O–H groups in total. The second-order valence-corrected chi connectivity index (χ2v) is 10.5. The average Bonchev–Trinajstić information content (AvgIpc) is 3.39. The molecule has 9 heteroatoms. The number of para-hydroxylation sites is 1. The first kappa shape index (κ1) is 27.5. The van der Waals surface area contributed by atoms with Gasteiger partial charge in [-0.3, -0.25) is 14.3 Å². The largest absolute Gasteiger partial charge is 0.312 e. The summed E-state index contributed by atoms with van der Waals surface area (Å²) in [4.78, 5) is 28.6. The highest BCUT2D eigenvalue weighted by Gasteiger charge is 2.33. The number of nitrogens with zero attached hydrogens (tertiary/aromatic N) is 3. The van der Waals surface area contributed by atoms with E-state index in [9.17, 15) is 18.0 Å². The van der Waals surface area contributed by atoms with E-state index in [4.69, 9.17) is 0 Å². The Hall–Kier alpha value is -4.50. The minimum Gasteiger partial charge on any atom is -0.312 e. The first-order valence-corrected chi connectivity index (χ1v) is 14.1. The van der Waals surface area contributed by atoms with Gasteiger partial charge in [0.2, 0.25) is 11.8 Å². The van der Waals surface area contributed by atoms with Crippen LogP contribution in [0.1, 0.15) is 23.6 Å². The molecule has 0 radical (unpaired) electrons. The van der Waals surface area contributed by atoms with Gasteiger partial charge in [-0.05, 0) is 48.2 Å².